The standard InChI is InChI=1S/C23H29N2O/c1-23(2,3)20-10-12-21(13-11-20)24-15-17-25(18-16-24)22(26)14-9-19-7-5-4-6-8-19/h4-13H,14-18H2,1-3H3. The third kappa shape index (κ3) is 4.66. The number of anilines is 1. The Kier molecular flexibility index (Phi) is 5.65. The second kappa shape index (κ2) is 7.94. The van der Waals surface area contributed by atoms with Crippen LogP contribution in [-0.2, 0) is 10.2 Å². The predicted octanol–water partition coefficient (Wildman–Crippen LogP) is 4.28. The summed E-state index contributed by atoms with van der Waals surface area (Å²) in [6.45, 7) is 10.1. The summed E-state index contributed by atoms with van der Waals surface area (Å²) in [6.07, 6.45) is 2.49. The molecule has 1 aliphatic rings. The number of carbonyl (C=O) groups excluding carboxylic acids is 1. The van der Waals surface area contributed by atoms with Crippen molar-refractivity contribution in [2.45, 2.75) is 32.6 Å². The lowest BCUT2D eigenvalue weighted by molar-refractivity contribution is -0.130. The first-order valence-electron chi connectivity index (χ1n) is 9.45. The molecule has 1 aliphatic heterocycles. The third-order valence-electron chi connectivity index (χ3n) is 5.04. The number of carbonyl (C=O) groups is 1. The molecule has 3 heteroatoms. The van der Waals surface area contributed by atoms with Gasteiger partial charge >= 0.3 is 0 Å². The van der Waals surface area contributed by atoms with Gasteiger partial charge in [0.05, 0.1) is 0 Å². The van der Waals surface area contributed by atoms with E-state index in [2.05, 4.69) is 49.9 Å². The van der Waals surface area contributed by atoms with Crippen molar-refractivity contribution in [2.24, 2.45) is 0 Å². The molecule has 26 heavy (non-hydrogen) atoms. The highest BCUT2D eigenvalue weighted by molar-refractivity contribution is 5.78. The summed E-state index contributed by atoms with van der Waals surface area (Å²) in [5.74, 6) is 0.219. The van der Waals surface area contributed by atoms with Crippen molar-refractivity contribution < 1.29 is 4.79 Å². The fourth-order valence-electron chi connectivity index (χ4n) is 3.31. The maximum atomic E-state index is 12.4. The zero-order valence-electron chi connectivity index (χ0n) is 16.1. The molecule has 0 spiro atoms. The molecule has 1 heterocycles. The Labute approximate surface area is 157 Å². The Hall–Kier alpha value is -2.29. The highest BCUT2D eigenvalue weighted by Gasteiger charge is 2.21. The van der Waals surface area contributed by atoms with Crippen LogP contribution < -0.4 is 4.90 Å². The Morgan fingerprint density at radius 1 is 0.923 bits per heavy atom. The van der Waals surface area contributed by atoms with E-state index in [-0.39, 0.29) is 11.3 Å². The minimum Gasteiger partial charge on any atom is -0.368 e. The van der Waals surface area contributed by atoms with Gasteiger partial charge in [0, 0.05) is 38.3 Å². The quantitative estimate of drug-likeness (QED) is 0.823. The largest absolute Gasteiger partial charge is 0.368 e. The fraction of sp³-hybridized carbons (Fsp3) is 0.391. The smallest absolute Gasteiger partial charge is 0.223 e. The van der Waals surface area contributed by atoms with Gasteiger partial charge in [0.2, 0.25) is 5.91 Å². The molecule has 2 aromatic rings. The zero-order valence-corrected chi connectivity index (χ0v) is 16.1. The van der Waals surface area contributed by atoms with Crippen molar-refractivity contribution in [3.63, 3.8) is 0 Å². The van der Waals surface area contributed by atoms with Crippen LogP contribution in [0.25, 0.3) is 0 Å². The van der Waals surface area contributed by atoms with E-state index in [1.54, 1.807) is 0 Å². The number of piperazine rings is 1. The van der Waals surface area contributed by atoms with E-state index in [1.165, 1.54) is 11.3 Å². The predicted molar refractivity (Wildman–Crippen MR) is 108 cm³/mol. The number of amides is 1. The molecule has 0 bridgehead atoms. The Bertz CT molecular complexity index is 708. The number of hydrogen-bond donors (Lipinski definition) is 0. The van der Waals surface area contributed by atoms with Gasteiger partial charge in [0.25, 0.3) is 0 Å². The summed E-state index contributed by atoms with van der Waals surface area (Å²) in [7, 11) is 0. The second-order valence-corrected chi connectivity index (χ2v) is 7.98. The minimum atomic E-state index is 0.179. The Morgan fingerprint density at radius 2 is 1.54 bits per heavy atom. The molecule has 0 atom stereocenters. The Morgan fingerprint density at radius 3 is 2.12 bits per heavy atom. The minimum absolute atomic E-state index is 0.179. The monoisotopic (exact) mass is 349 g/mol. The molecule has 3 nitrogen and oxygen atoms in total. The number of rotatable bonds is 4. The van der Waals surface area contributed by atoms with Crippen molar-refractivity contribution in [3.8, 4) is 0 Å². The van der Waals surface area contributed by atoms with Crippen LogP contribution in [0.5, 0.6) is 0 Å². The molecule has 0 unspecified atom stereocenters. The molecular formula is C23H29N2O. The molecule has 1 saturated heterocycles. The molecule has 3 rings (SSSR count). The molecule has 0 saturated carbocycles. The molecular weight excluding hydrogens is 320 g/mol. The lowest BCUT2D eigenvalue weighted by Crippen LogP contribution is -2.48. The number of nitrogens with zero attached hydrogens (tertiary/aromatic N) is 2. The van der Waals surface area contributed by atoms with E-state index in [9.17, 15) is 4.79 Å². The molecule has 0 aliphatic carbocycles. The van der Waals surface area contributed by atoms with Crippen molar-refractivity contribution in [1.29, 1.82) is 0 Å². The molecule has 0 aromatic heterocycles. The number of benzene rings is 2. The molecule has 0 N–H and O–H groups in total. The van der Waals surface area contributed by atoms with Crippen LogP contribution in [0.15, 0.2) is 54.6 Å². The average Bonchev–Trinajstić information content (AvgIpc) is 2.66. The highest BCUT2D eigenvalue weighted by Crippen LogP contribution is 2.25. The third-order valence-corrected chi connectivity index (χ3v) is 5.04. The van der Waals surface area contributed by atoms with Gasteiger partial charge in [-0.3, -0.25) is 4.79 Å². The van der Waals surface area contributed by atoms with Crippen LogP contribution in [0.4, 0.5) is 5.69 Å². The number of hydrogen-bond acceptors (Lipinski definition) is 2. The molecule has 1 radical (unpaired) electrons. The lowest BCUT2D eigenvalue weighted by Gasteiger charge is -2.36. The summed E-state index contributed by atoms with van der Waals surface area (Å²) < 4.78 is 0. The SMILES string of the molecule is CC(C)(C)c1ccc(N2CCN(C(=O)C[CH]c3ccccc3)CC2)cc1. The van der Waals surface area contributed by atoms with E-state index in [1.807, 2.05) is 41.7 Å². The average molecular weight is 349 g/mol. The summed E-state index contributed by atoms with van der Waals surface area (Å²) >= 11 is 0. The van der Waals surface area contributed by atoms with Gasteiger partial charge in [-0.2, -0.15) is 0 Å². The lowest BCUT2D eigenvalue weighted by atomic mass is 9.87. The topological polar surface area (TPSA) is 23.6 Å². The van der Waals surface area contributed by atoms with E-state index in [0.29, 0.717) is 6.42 Å². The molecule has 1 fully saturated rings. The van der Waals surface area contributed by atoms with Gasteiger partial charge in [-0.1, -0.05) is 63.2 Å². The first-order chi connectivity index (χ1) is 12.4. The van der Waals surface area contributed by atoms with Gasteiger partial charge < -0.3 is 9.80 Å². The Balaban J connectivity index is 1.50. The van der Waals surface area contributed by atoms with Gasteiger partial charge in [0.1, 0.15) is 0 Å². The molecule has 137 valence electrons. The van der Waals surface area contributed by atoms with Gasteiger partial charge in [-0.15, -0.1) is 0 Å². The van der Waals surface area contributed by atoms with Crippen LogP contribution in [0.3, 0.4) is 0 Å². The van der Waals surface area contributed by atoms with Crippen molar-refractivity contribution in [2.75, 3.05) is 31.1 Å². The van der Waals surface area contributed by atoms with E-state index in [0.717, 1.165) is 31.7 Å². The first kappa shape index (κ1) is 18.5. The summed E-state index contributed by atoms with van der Waals surface area (Å²) in [5, 5.41) is 0. The fourth-order valence-corrected chi connectivity index (χ4v) is 3.31. The summed E-state index contributed by atoms with van der Waals surface area (Å²) in [5.41, 5.74) is 3.89. The maximum Gasteiger partial charge on any atom is 0.223 e. The van der Waals surface area contributed by atoms with Crippen LogP contribution in [-0.4, -0.2) is 37.0 Å². The normalized spacial score (nSPS) is 15.2. The van der Waals surface area contributed by atoms with Gasteiger partial charge in [0.15, 0.2) is 0 Å². The molecule has 2 aromatic carbocycles. The van der Waals surface area contributed by atoms with Crippen LogP contribution in [0, 0.1) is 6.42 Å². The van der Waals surface area contributed by atoms with Gasteiger partial charge in [-0.05, 0) is 35.1 Å². The summed E-state index contributed by atoms with van der Waals surface area (Å²) in [4.78, 5) is 16.8. The van der Waals surface area contributed by atoms with E-state index >= 15 is 0 Å². The first-order valence-corrected chi connectivity index (χ1v) is 9.45. The second-order valence-electron chi connectivity index (χ2n) is 7.98. The van der Waals surface area contributed by atoms with Crippen LogP contribution >= 0.6 is 0 Å². The maximum absolute atomic E-state index is 12.4. The summed E-state index contributed by atoms with van der Waals surface area (Å²) in [6, 6.07) is 18.9. The van der Waals surface area contributed by atoms with Crippen LogP contribution in [0.1, 0.15) is 38.3 Å². The van der Waals surface area contributed by atoms with Crippen LogP contribution in [0.2, 0.25) is 0 Å². The van der Waals surface area contributed by atoms with Gasteiger partial charge in [-0.25, -0.2) is 0 Å². The van der Waals surface area contributed by atoms with Crippen molar-refractivity contribution >= 4 is 11.6 Å². The molecule has 1 amide bonds. The zero-order chi connectivity index (χ0) is 18.6. The van der Waals surface area contributed by atoms with E-state index in [4.69, 9.17) is 0 Å². The highest BCUT2D eigenvalue weighted by atomic mass is 16.2. The van der Waals surface area contributed by atoms with Crippen molar-refractivity contribution in [3.05, 3.63) is 72.1 Å². The van der Waals surface area contributed by atoms with E-state index < -0.39 is 0 Å². The van der Waals surface area contributed by atoms with Crippen molar-refractivity contribution in [1.82, 2.24) is 4.90 Å².